The maximum absolute atomic E-state index is 8.93. The van der Waals surface area contributed by atoms with Crippen molar-refractivity contribution in [2.75, 3.05) is 26.3 Å². The van der Waals surface area contributed by atoms with E-state index in [0.29, 0.717) is 6.04 Å². The molecule has 0 aliphatic carbocycles. The summed E-state index contributed by atoms with van der Waals surface area (Å²) < 4.78 is 5.85. The first-order valence-corrected chi connectivity index (χ1v) is 6.93. The number of piperidine rings is 1. The summed E-state index contributed by atoms with van der Waals surface area (Å²) >= 11 is 0. The van der Waals surface area contributed by atoms with Gasteiger partial charge in [0.1, 0.15) is 12.4 Å². The molecular formula is C15H23NO2. The van der Waals surface area contributed by atoms with E-state index in [9.17, 15) is 0 Å². The SMILES string of the molecule is OCCCN1CCCCC1COc1ccccc1. The van der Waals surface area contributed by atoms with Gasteiger partial charge >= 0.3 is 0 Å². The number of likely N-dealkylation sites (tertiary alicyclic amines) is 1. The Kier molecular flexibility index (Phi) is 5.49. The predicted octanol–water partition coefficient (Wildman–Crippen LogP) is 2.30. The minimum absolute atomic E-state index is 0.281. The number of aliphatic hydroxyl groups is 1. The molecule has 1 aromatic rings. The fraction of sp³-hybridized carbons (Fsp3) is 0.600. The van der Waals surface area contributed by atoms with Gasteiger partial charge in [0.15, 0.2) is 0 Å². The van der Waals surface area contributed by atoms with Crippen LogP contribution in [0.1, 0.15) is 25.7 Å². The number of benzene rings is 1. The normalized spacial score (nSPS) is 20.8. The molecule has 0 radical (unpaired) electrons. The maximum atomic E-state index is 8.93. The second-order valence-electron chi connectivity index (χ2n) is 4.89. The Hall–Kier alpha value is -1.06. The van der Waals surface area contributed by atoms with Crippen LogP contribution in [-0.4, -0.2) is 42.4 Å². The second kappa shape index (κ2) is 7.39. The highest BCUT2D eigenvalue weighted by atomic mass is 16.5. The van der Waals surface area contributed by atoms with Crippen molar-refractivity contribution < 1.29 is 9.84 Å². The third kappa shape index (κ3) is 4.00. The monoisotopic (exact) mass is 249 g/mol. The van der Waals surface area contributed by atoms with Gasteiger partial charge in [-0.3, -0.25) is 4.90 Å². The first-order chi connectivity index (χ1) is 8.90. The topological polar surface area (TPSA) is 32.7 Å². The highest BCUT2D eigenvalue weighted by Crippen LogP contribution is 2.19. The number of aliphatic hydroxyl groups excluding tert-OH is 1. The van der Waals surface area contributed by atoms with Crippen LogP contribution in [0.25, 0.3) is 0 Å². The van der Waals surface area contributed by atoms with Crippen molar-refractivity contribution in [3.8, 4) is 5.75 Å². The molecule has 100 valence electrons. The Labute approximate surface area is 109 Å². The summed E-state index contributed by atoms with van der Waals surface area (Å²) in [5, 5.41) is 8.93. The van der Waals surface area contributed by atoms with Gasteiger partial charge in [0.2, 0.25) is 0 Å². The van der Waals surface area contributed by atoms with Crippen molar-refractivity contribution in [1.29, 1.82) is 0 Å². The molecule has 2 rings (SSSR count). The average molecular weight is 249 g/mol. The fourth-order valence-corrected chi connectivity index (χ4v) is 2.53. The summed E-state index contributed by atoms with van der Waals surface area (Å²) in [5.41, 5.74) is 0. The Morgan fingerprint density at radius 2 is 2.06 bits per heavy atom. The van der Waals surface area contributed by atoms with Crippen LogP contribution in [0.2, 0.25) is 0 Å². The third-order valence-corrected chi connectivity index (χ3v) is 3.54. The van der Waals surface area contributed by atoms with Crippen molar-refractivity contribution in [3.05, 3.63) is 30.3 Å². The Morgan fingerprint density at radius 1 is 1.22 bits per heavy atom. The van der Waals surface area contributed by atoms with E-state index in [1.165, 1.54) is 19.3 Å². The molecule has 1 unspecified atom stereocenters. The first-order valence-electron chi connectivity index (χ1n) is 6.93. The molecular weight excluding hydrogens is 226 g/mol. The summed E-state index contributed by atoms with van der Waals surface area (Å²) in [7, 11) is 0. The Balaban J connectivity index is 1.81. The van der Waals surface area contributed by atoms with Crippen LogP contribution in [0.4, 0.5) is 0 Å². The van der Waals surface area contributed by atoms with Crippen molar-refractivity contribution in [3.63, 3.8) is 0 Å². The average Bonchev–Trinajstić information content (AvgIpc) is 2.45. The zero-order valence-electron chi connectivity index (χ0n) is 10.9. The molecule has 0 saturated carbocycles. The molecule has 1 atom stereocenters. The van der Waals surface area contributed by atoms with Crippen molar-refractivity contribution in [2.45, 2.75) is 31.7 Å². The first kappa shape index (κ1) is 13.4. The molecule has 0 aromatic heterocycles. The van der Waals surface area contributed by atoms with Crippen molar-refractivity contribution in [1.82, 2.24) is 4.90 Å². The van der Waals surface area contributed by atoms with Crippen LogP contribution in [0.5, 0.6) is 5.75 Å². The molecule has 1 saturated heterocycles. The largest absolute Gasteiger partial charge is 0.492 e. The quantitative estimate of drug-likeness (QED) is 0.839. The van der Waals surface area contributed by atoms with E-state index in [0.717, 1.165) is 31.9 Å². The van der Waals surface area contributed by atoms with Gasteiger partial charge in [0, 0.05) is 19.2 Å². The lowest BCUT2D eigenvalue weighted by atomic mass is 10.0. The number of nitrogens with zero attached hydrogens (tertiary/aromatic N) is 1. The van der Waals surface area contributed by atoms with Crippen LogP contribution >= 0.6 is 0 Å². The minimum atomic E-state index is 0.281. The summed E-state index contributed by atoms with van der Waals surface area (Å²) in [4.78, 5) is 2.46. The van der Waals surface area contributed by atoms with Gasteiger partial charge in [0.25, 0.3) is 0 Å². The van der Waals surface area contributed by atoms with E-state index < -0.39 is 0 Å². The fourth-order valence-electron chi connectivity index (χ4n) is 2.53. The lowest BCUT2D eigenvalue weighted by Crippen LogP contribution is -2.43. The summed E-state index contributed by atoms with van der Waals surface area (Å²) in [6.45, 7) is 3.17. The lowest BCUT2D eigenvalue weighted by molar-refractivity contribution is 0.0926. The number of hydrogen-bond donors (Lipinski definition) is 1. The van der Waals surface area contributed by atoms with Gasteiger partial charge in [-0.05, 0) is 37.9 Å². The Bertz CT molecular complexity index is 329. The smallest absolute Gasteiger partial charge is 0.119 e. The zero-order valence-corrected chi connectivity index (χ0v) is 10.9. The number of para-hydroxylation sites is 1. The number of hydrogen-bond acceptors (Lipinski definition) is 3. The lowest BCUT2D eigenvalue weighted by Gasteiger charge is -2.35. The van der Waals surface area contributed by atoms with Crippen LogP contribution in [-0.2, 0) is 0 Å². The van der Waals surface area contributed by atoms with E-state index in [2.05, 4.69) is 4.90 Å². The van der Waals surface area contributed by atoms with Gasteiger partial charge in [0.05, 0.1) is 0 Å². The molecule has 1 N–H and O–H groups in total. The van der Waals surface area contributed by atoms with E-state index in [1.54, 1.807) is 0 Å². The van der Waals surface area contributed by atoms with Crippen molar-refractivity contribution in [2.24, 2.45) is 0 Å². The van der Waals surface area contributed by atoms with Crippen LogP contribution < -0.4 is 4.74 Å². The van der Waals surface area contributed by atoms with Crippen LogP contribution in [0.15, 0.2) is 30.3 Å². The van der Waals surface area contributed by atoms with E-state index in [4.69, 9.17) is 9.84 Å². The highest BCUT2D eigenvalue weighted by molar-refractivity contribution is 5.20. The van der Waals surface area contributed by atoms with E-state index >= 15 is 0 Å². The standard InChI is InChI=1S/C15H23NO2/c17-12-6-11-16-10-5-4-7-14(16)13-18-15-8-2-1-3-9-15/h1-3,8-9,14,17H,4-7,10-13H2. The van der Waals surface area contributed by atoms with Crippen LogP contribution in [0, 0.1) is 0 Å². The molecule has 3 heteroatoms. The van der Waals surface area contributed by atoms with E-state index in [-0.39, 0.29) is 6.61 Å². The molecule has 0 amide bonds. The summed E-state index contributed by atoms with van der Waals surface area (Å²) in [6.07, 6.45) is 4.63. The molecule has 0 bridgehead atoms. The number of rotatable bonds is 6. The minimum Gasteiger partial charge on any atom is -0.492 e. The van der Waals surface area contributed by atoms with Gasteiger partial charge < -0.3 is 9.84 Å². The zero-order chi connectivity index (χ0) is 12.6. The Morgan fingerprint density at radius 3 is 2.83 bits per heavy atom. The molecule has 1 fully saturated rings. The van der Waals surface area contributed by atoms with Gasteiger partial charge in [-0.1, -0.05) is 24.6 Å². The number of ether oxygens (including phenoxy) is 1. The summed E-state index contributed by atoms with van der Waals surface area (Å²) in [5.74, 6) is 0.949. The molecule has 1 aliphatic heterocycles. The van der Waals surface area contributed by atoms with Gasteiger partial charge in [-0.2, -0.15) is 0 Å². The maximum Gasteiger partial charge on any atom is 0.119 e. The third-order valence-electron chi connectivity index (χ3n) is 3.54. The highest BCUT2D eigenvalue weighted by Gasteiger charge is 2.22. The molecule has 1 heterocycles. The molecule has 1 aromatic carbocycles. The molecule has 0 spiro atoms. The molecule has 18 heavy (non-hydrogen) atoms. The second-order valence-corrected chi connectivity index (χ2v) is 4.89. The molecule has 3 nitrogen and oxygen atoms in total. The molecule has 1 aliphatic rings. The summed E-state index contributed by atoms with van der Waals surface area (Å²) in [6, 6.07) is 10.5. The van der Waals surface area contributed by atoms with Gasteiger partial charge in [-0.15, -0.1) is 0 Å². The predicted molar refractivity (Wildman–Crippen MR) is 72.9 cm³/mol. The van der Waals surface area contributed by atoms with E-state index in [1.807, 2.05) is 30.3 Å². The van der Waals surface area contributed by atoms with Crippen LogP contribution in [0.3, 0.4) is 0 Å². The van der Waals surface area contributed by atoms with Crippen molar-refractivity contribution >= 4 is 0 Å². The van der Waals surface area contributed by atoms with Gasteiger partial charge in [-0.25, -0.2) is 0 Å².